The van der Waals surface area contributed by atoms with Crippen molar-refractivity contribution in [2.45, 2.75) is 19.8 Å². The van der Waals surface area contributed by atoms with E-state index in [-0.39, 0.29) is 12.7 Å². The zero-order chi connectivity index (χ0) is 21.2. The highest BCUT2D eigenvalue weighted by Crippen LogP contribution is 2.35. The van der Waals surface area contributed by atoms with Gasteiger partial charge < -0.3 is 25.0 Å². The third-order valence-corrected chi connectivity index (χ3v) is 6.39. The smallest absolute Gasteiger partial charge is 0.275 e. The molecule has 8 heteroatoms. The summed E-state index contributed by atoms with van der Waals surface area (Å²) in [5.74, 6) is 2.00. The van der Waals surface area contributed by atoms with E-state index in [2.05, 4.69) is 39.6 Å². The van der Waals surface area contributed by atoms with Gasteiger partial charge in [0, 0.05) is 41.6 Å². The van der Waals surface area contributed by atoms with Crippen molar-refractivity contribution in [2.75, 3.05) is 35.4 Å². The van der Waals surface area contributed by atoms with Crippen LogP contribution in [0, 0.1) is 5.92 Å². The Labute approximate surface area is 185 Å². The summed E-state index contributed by atoms with van der Waals surface area (Å²) in [4.78, 5) is 19.4. The molecule has 0 radical (unpaired) electrons. The van der Waals surface area contributed by atoms with Crippen molar-refractivity contribution in [1.82, 2.24) is 4.98 Å². The van der Waals surface area contributed by atoms with Crippen molar-refractivity contribution in [3.8, 4) is 11.5 Å². The lowest BCUT2D eigenvalue weighted by molar-refractivity contribution is 0.102. The van der Waals surface area contributed by atoms with Gasteiger partial charge in [-0.15, -0.1) is 11.3 Å². The fraction of sp³-hybridized carbons (Fsp3) is 0.304. The Bertz CT molecular complexity index is 1070. The summed E-state index contributed by atoms with van der Waals surface area (Å²) in [5.41, 5.74) is 3.17. The molecule has 7 nitrogen and oxygen atoms in total. The van der Waals surface area contributed by atoms with Crippen LogP contribution in [0.3, 0.4) is 0 Å². The number of hydrogen-bond acceptors (Lipinski definition) is 7. The highest BCUT2D eigenvalue weighted by atomic mass is 32.1. The molecule has 0 unspecified atom stereocenters. The number of thiazole rings is 1. The minimum Gasteiger partial charge on any atom is -0.454 e. The number of piperidine rings is 1. The number of amides is 1. The zero-order valence-corrected chi connectivity index (χ0v) is 18.1. The SMILES string of the molecule is CC1CCN(c2ccc(NC(=O)c3csc(Nc4ccc5c(c4)OCO5)n3)cc2)CC1. The van der Waals surface area contributed by atoms with E-state index in [0.29, 0.717) is 16.6 Å². The summed E-state index contributed by atoms with van der Waals surface area (Å²) in [6, 6.07) is 13.6. The molecule has 2 aliphatic heterocycles. The molecular weight excluding hydrogens is 412 g/mol. The molecule has 5 rings (SSSR count). The number of nitrogens with zero attached hydrogens (tertiary/aromatic N) is 2. The fourth-order valence-electron chi connectivity index (χ4n) is 3.75. The van der Waals surface area contributed by atoms with Crippen LogP contribution in [0.25, 0.3) is 0 Å². The molecule has 1 fully saturated rings. The number of carbonyl (C=O) groups is 1. The first-order valence-electron chi connectivity index (χ1n) is 10.4. The van der Waals surface area contributed by atoms with E-state index >= 15 is 0 Å². The van der Waals surface area contributed by atoms with Gasteiger partial charge in [-0.2, -0.15) is 0 Å². The van der Waals surface area contributed by atoms with Gasteiger partial charge in [0.15, 0.2) is 16.6 Å². The third kappa shape index (κ3) is 4.44. The Kier molecular flexibility index (Phi) is 5.38. The first-order valence-corrected chi connectivity index (χ1v) is 11.3. The van der Waals surface area contributed by atoms with Crippen molar-refractivity contribution in [2.24, 2.45) is 5.92 Å². The van der Waals surface area contributed by atoms with Crippen LogP contribution in [-0.4, -0.2) is 30.8 Å². The molecule has 0 aliphatic carbocycles. The lowest BCUT2D eigenvalue weighted by Gasteiger charge is -2.32. The number of nitrogens with one attached hydrogen (secondary N) is 2. The van der Waals surface area contributed by atoms with Gasteiger partial charge in [0.25, 0.3) is 5.91 Å². The number of ether oxygens (including phenoxy) is 2. The number of anilines is 4. The molecule has 1 aromatic heterocycles. The predicted molar refractivity (Wildman–Crippen MR) is 123 cm³/mol. The number of fused-ring (bicyclic) bond motifs is 1. The highest BCUT2D eigenvalue weighted by Gasteiger charge is 2.17. The third-order valence-electron chi connectivity index (χ3n) is 5.63. The molecule has 3 aromatic rings. The van der Waals surface area contributed by atoms with Crippen LogP contribution in [0.5, 0.6) is 11.5 Å². The van der Waals surface area contributed by atoms with Crippen LogP contribution in [0.2, 0.25) is 0 Å². The van der Waals surface area contributed by atoms with Crippen molar-refractivity contribution >= 4 is 39.4 Å². The van der Waals surface area contributed by atoms with Crippen LogP contribution in [0.4, 0.5) is 22.2 Å². The lowest BCUT2D eigenvalue weighted by Crippen LogP contribution is -2.32. The topological polar surface area (TPSA) is 75.7 Å². The number of rotatable bonds is 5. The summed E-state index contributed by atoms with van der Waals surface area (Å²) in [6.45, 7) is 4.72. The Morgan fingerprint density at radius 3 is 2.61 bits per heavy atom. The summed E-state index contributed by atoms with van der Waals surface area (Å²) < 4.78 is 10.7. The molecule has 0 atom stereocenters. The lowest BCUT2D eigenvalue weighted by atomic mass is 9.99. The van der Waals surface area contributed by atoms with E-state index in [0.717, 1.165) is 36.1 Å². The molecule has 2 N–H and O–H groups in total. The second-order valence-electron chi connectivity index (χ2n) is 7.90. The van der Waals surface area contributed by atoms with Gasteiger partial charge in [-0.05, 0) is 55.2 Å². The van der Waals surface area contributed by atoms with Gasteiger partial charge in [-0.1, -0.05) is 6.92 Å². The summed E-state index contributed by atoms with van der Waals surface area (Å²) in [5, 5.41) is 8.52. The van der Waals surface area contributed by atoms with Crippen molar-refractivity contribution in [3.63, 3.8) is 0 Å². The maximum Gasteiger partial charge on any atom is 0.275 e. The normalized spacial score (nSPS) is 15.7. The number of carbonyl (C=O) groups excluding carboxylic acids is 1. The second kappa shape index (κ2) is 8.47. The van der Waals surface area contributed by atoms with Crippen LogP contribution in [-0.2, 0) is 0 Å². The van der Waals surface area contributed by atoms with Crippen LogP contribution in [0.15, 0.2) is 47.8 Å². The molecule has 3 heterocycles. The molecular formula is C23H24N4O3S. The van der Waals surface area contributed by atoms with Gasteiger partial charge in [0.1, 0.15) is 5.69 Å². The van der Waals surface area contributed by atoms with Gasteiger partial charge in [-0.3, -0.25) is 4.79 Å². The minimum absolute atomic E-state index is 0.227. The Morgan fingerprint density at radius 1 is 1.06 bits per heavy atom. The van der Waals surface area contributed by atoms with Crippen LogP contribution >= 0.6 is 11.3 Å². The Hall–Kier alpha value is -3.26. The standard InChI is InChI=1S/C23H24N4O3S/c1-15-8-10-27(11-9-15)18-5-2-16(3-6-18)24-22(28)19-13-31-23(26-19)25-17-4-7-20-21(12-17)30-14-29-20/h2-7,12-13,15H,8-11,14H2,1H3,(H,24,28)(H,25,26). The Balaban J connectivity index is 1.20. The average Bonchev–Trinajstić information content (AvgIpc) is 3.44. The van der Waals surface area contributed by atoms with Crippen LogP contribution in [0.1, 0.15) is 30.3 Å². The molecule has 160 valence electrons. The monoisotopic (exact) mass is 436 g/mol. The number of hydrogen-bond donors (Lipinski definition) is 2. The van der Waals surface area contributed by atoms with E-state index in [1.165, 1.54) is 29.9 Å². The molecule has 0 spiro atoms. The van der Waals surface area contributed by atoms with Gasteiger partial charge >= 0.3 is 0 Å². The van der Waals surface area contributed by atoms with Gasteiger partial charge in [0.2, 0.25) is 6.79 Å². The maximum atomic E-state index is 12.6. The minimum atomic E-state index is -0.227. The molecule has 2 aliphatic rings. The zero-order valence-electron chi connectivity index (χ0n) is 17.3. The molecule has 31 heavy (non-hydrogen) atoms. The second-order valence-corrected chi connectivity index (χ2v) is 8.76. The highest BCUT2D eigenvalue weighted by molar-refractivity contribution is 7.14. The molecule has 2 aromatic carbocycles. The first kappa shape index (κ1) is 19.7. The summed E-state index contributed by atoms with van der Waals surface area (Å²) in [7, 11) is 0. The van der Waals surface area contributed by atoms with Crippen LogP contribution < -0.4 is 25.0 Å². The van der Waals surface area contributed by atoms with Crippen molar-refractivity contribution in [1.29, 1.82) is 0 Å². The summed E-state index contributed by atoms with van der Waals surface area (Å²) in [6.07, 6.45) is 2.45. The van der Waals surface area contributed by atoms with E-state index in [9.17, 15) is 4.79 Å². The summed E-state index contributed by atoms with van der Waals surface area (Å²) >= 11 is 1.38. The quantitative estimate of drug-likeness (QED) is 0.579. The largest absolute Gasteiger partial charge is 0.454 e. The van der Waals surface area contributed by atoms with E-state index in [1.807, 2.05) is 30.3 Å². The molecule has 1 saturated heterocycles. The average molecular weight is 437 g/mol. The molecule has 0 bridgehead atoms. The van der Waals surface area contributed by atoms with Gasteiger partial charge in [-0.25, -0.2) is 4.98 Å². The molecule has 1 amide bonds. The van der Waals surface area contributed by atoms with Crippen molar-refractivity contribution < 1.29 is 14.3 Å². The van der Waals surface area contributed by atoms with E-state index < -0.39 is 0 Å². The Morgan fingerprint density at radius 2 is 1.81 bits per heavy atom. The predicted octanol–water partition coefficient (Wildman–Crippen LogP) is 5.10. The number of aromatic nitrogens is 1. The van der Waals surface area contributed by atoms with E-state index in [4.69, 9.17) is 9.47 Å². The maximum absolute atomic E-state index is 12.6. The fourth-order valence-corrected chi connectivity index (χ4v) is 4.46. The van der Waals surface area contributed by atoms with Gasteiger partial charge in [0.05, 0.1) is 0 Å². The van der Waals surface area contributed by atoms with Crippen molar-refractivity contribution in [3.05, 3.63) is 53.5 Å². The molecule has 0 saturated carbocycles. The van der Waals surface area contributed by atoms with E-state index in [1.54, 1.807) is 5.38 Å². The number of benzene rings is 2. The first-order chi connectivity index (χ1) is 15.1.